The van der Waals surface area contributed by atoms with Crippen molar-refractivity contribution in [1.29, 1.82) is 0 Å². The lowest BCUT2D eigenvalue weighted by Gasteiger charge is -2.13. The lowest BCUT2D eigenvalue weighted by atomic mass is 10.1. The topological polar surface area (TPSA) is 35.2 Å². The second-order valence-corrected chi connectivity index (χ2v) is 6.12. The molecule has 0 atom stereocenters. The molecular weight excluding hydrogens is 358 g/mol. The van der Waals surface area contributed by atoms with Gasteiger partial charge in [0, 0.05) is 9.50 Å². The van der Waals surface area contributed by atoms with Crippen LogP contribution in [0, 0.1) is 13.8 Å². The Labute approximate surface area is 137 Å². The first-order chi connectivity index (χ1) is 9.40. The maximum absolute atomic E-state index is 6.16. The molecule has 0 unspecified atom stereocenters. The minimum atomic E-state index is 0.287. The van der Waals surface area contributed by atoms with E-state index >= 15 is 0 Å². The standard InChI is InChI=1S/C15H13BrClNOS/c1-8-6-10(7-9(2)14(8)17)19-12-5-3-4-11(16)13(12)15(18)20/h3-7H,1-2H3,(H2,18,20). The van der Waals surface area contributed by atoms with Gasteiger partial charge in [0.15, 0.2) is 0 Å². The third kappa shape index (κ3) is 3.14. The van der Waals surface area contributed by atoms with E-state index in [-0.39, 0.29) is 4.99 Å². The van der Waals surface area contributed by atoms with E-state index in [4.69, 9.17) is 34.3 Å². The van der Waals surface area contributed by atoms with Crippen LogP contribution in [0.5, 0.6) is 11.5 Å². The van der Waals surface area contributed by atoms with Crippen molar-refractivity contribution in [3.63, 3.8) is 0 Å². The van der Waals surface area contributed by atoms with Crippen molar-refractivity contribution < 1.29 is 4.74 Å². The van der Waals surface area contributed by atoms with Crippen molar-refractivity contribution in [2.24, 2.45) is 5.73 Å². The Morgan fingerprint density at radius 1 is 1.25 bits per heavy atom. The van der Waals surface area contributed by atoms with Gasteiger partial charge < -0.3 is 10.5 Å². The number of thiocarbonyl (C=S) groups is 1. The minimum absolute atomic E-state index is 0.287. The number of ether oxygens (including phenoxy) is 1. The summed E-state index contributed by atoms with van der Waals surface area (Å²) in [6, 6.07) is 9.36. The average Bonchev–Trinajstić information content (AvgIpc) is 2.35. The van der Waals surface area contributed by atoms with E-state index in [1.165, 1.54) is 0 Å². The molecule has 0 spiro atoms. The van der Waals surface area contributed by atoms with Gasteiger partial charge in [-0.2, -0.15) is 0 Å². The van der Waals surface area contributed by atoms with Crippen LogP contribution >= 0.6 is 39.7 Å². The number of rotatable bonds is 3. The number of hydrogen-bond acceptors (Lipinski definition) is 2. The third-order valence-corrected chi connectivity index (χ3v) is 4.32. The Morgan fingerprint density at radius 3 is 2.40 bits per heavy atom. The Bertz CT molecular complexity index is 665. The monoisotopic (exact) mass is 369 g/mol. The predicted octanol–water partition coefficient (Wildman–Crippen LogP) is 5.15. The molecule has 0 fully saturated rings. The molecule has 2 aromatic carbocycles. The summed E-state index contributed by atoms with van der Waals surface area (Å²) < 4.78 is 6.72. The summed E-state index contributed by atoms with van der Waals surface area (Å²) >= 11 is 14.7. The molecule has 0 aliphatic heterocycles. The molecule has 0 saturated carbocycles. The van der Waals surface area contributed by atoms with Crippen LogP contribution in [0.15, 0.2) is 34.8 Å². The summed E-state index contributed by atoms with van der Waals surface area (Å²) in [5.41, 5.74) is 8.37. The van der Waals surface area contributed by atoms with Crippen molar-refractivity contribution in [2.75, 3.05) is 0 Å². The summed E-state index contributed by atoms with van der Waals surface area (Å²) in [6.45, 7) is 3.88. The molecule has 2 nitrogen and oxygen atoms in total. The smallest absolute Gasteiger partial charge is 0.138 e. The van der Waals surface area contributed by atoms with E-state index in [2.05, 4.69) is 15.9 Å². The lowest BCUT2D eigenvalue weighted by Crippen LogP contribution is -2.11. The molecule has 2 aromatic rings. The molecular formula is C15H13BrClNOS. The Kier molecular flexibility index (Phi) is 4.68. The number of halogens is 2. The quantitative estimate of drug-likeness (QED) is 0.759. The van der Waals surface area contributed by atoms with E-state index < -0.39 is 0 Å². The lowest BCUT2D eigenvalue weighted by molar-refractivity contribution is 0.480. The molecule has 0 radical (unpaired) electrons. The van der Waals surface area contributed by atoms with Gasteiger partial charge in [-0.05, 0) is 65.2 Å². The van der Waals surface area contributed by atoms with Crippen molar-refractivity contribution >= 4 is 44.7 Å². The molecule has 20 heavy (non-hydrogen) atoms. The van der Waals surface area contributed by atoms with Gasteiger partial charge in [-0.25, -0.2) is 0 Å². The van der Waals surface area contributed by atoms with Crippen molar-refractivity contribution in [3.05, 3.63) is 56.5 Å². The highest BCUT2D eigenvalue weighted by Crippen LogP contribution is 2.33. The SMILES string of the molecule is Cc1cc(Oc2cccc(Br)c2C(N)=S)cc(C)c1Cl. The minimum Gasteiger partial charge on any atom is -0.457 e. The van der Waals surface area contributed by atoms with E-state index in [0.29, 0.717) is 17.1 Å². The Balaban J connectivity index is 2.45. The molecule has 0 bridgehead atoms. The summed E-state index contributed by atoms with van der Waals surface area (Å²) in [4.78, 5) is 0.287. The first-order valence-electron chi connectivity index (χ1n) is 5.93. The van der Waals surface area contributed by atoms with Crippen LogP contribution < -0.4 is 10.5 Å². The van der Waals surface area contributed by atoms with E-state index in [9.17, 15) is 0 Å². The molecule has 104 valence electrons. The van der Waals surface area contributed by atoms with Gasteiger partial charge >= 0.3 is 0 Å². The van der Waals surface area contributed by atoms with Crippen LogP contribution in [0.1, 0.15) is 16.7 Å². The second-order valence-electron chi connectivity index (χ2n) is 4.45. The van der Waals surface area contributed by atoms with Crippen molar-refractivity contribution in [1.82, 2.24) is 0 Å². The molecule has 5 heteroatoms. The van der Waals surface area contributed by atoms with Crippen molar-refractivity contribution in [3.8, 4) is 11.5 Å². The molecule has 0 heterocycles. The van der Waals surface area contributed by atoms with Crippen molar-refractivity contribution in [2.45, 2.75) is 13.8 Å². The van der Waals surface area contributed by atoms with Crippen LogP contribution in [-0.4, -0.2) is 4.99 Å². The average molecular weight is 371 g/mol. The van der Waals surface area contributed by atoms with Gasteiger partial charge in [0.2, 0.25) is 0 Å². The first-order valence-corrected chi connectivity index (χ1v) is 7.51. The van der Waals surface area contributed by atoms with Crippen LogP contribution in [0.4, 0.5) is 0 Å². The molecule has 0 aliphatic carbocycles. The number of nitrogens with two attached hydrogens (primary N) is 1. The predicted molar refractivity (Wildman–Crippen MR) is 91.0 cm³/mol. The van der Waals surface area contributed by atoms with Gasteiger partial charge in [-0.15, -0.1) is 0 Å². The largest absolute Gasteiger partial charge is 0.457 e. The summed E-state index contributed by atoms with van der Waals surface area (Å²) in [5.74, 6) is 1.33. The fourth-order valence-corrected chi connectivity index (χ4v) is 2.93. The third-order valence-electron chi connectivity index (χ3n) is 2.86. The summed E-state index contributed by atoms with van der Waals surface area (Å²) in [6.07, 6.45) is 0. The summed E-state index contributed by atoms with van der Waals surface area (Å²) in [5, 5.41) is 0.751. The molecule has 0 amide bonds. The zero-order chi connectivity index (χ0) is 14.9. The van der Waals surface area contributed by atoms with Gasteiger partial charge in [-0.1, -0.05) is 29.9 Å². The molecule has 2 N–H and O–H groups in total. The molecule has 0 aromatic heterocycles. The fraction of sp³-hybridized carbons (Fsp3) is 0.133. The maximum Gasteiger partial charge on any atom is 0.138 e. The zero-order valence-electron chi connectivity index (χ0n) is 11.0. The van der Waals surface area contributed by atoms with E-state index in [0.717, 1.165) is 20.6 Å². The number of hydrogen-bond donors (Lipinski definition) is 1. The van der Waals surface area contributed by atoms with Crippen LogP contribution in [-0.2, 0) is 0 Å². The Morgan fingerprint density at radius 2 is 1.85 bits per heavy atom. The van der Waals surface area contributed by atoms with Crippen LogP contribution in [0.3, 0.4) is 0 Å². The summed E-state index contributed by atoms with van der Waals surface area (Å²) in [7, 11) is 0. The fourth-order valence-electron chi connectivity index (χ4n) is 1.92. The molecule has 0 saturated heterocycles. The molecule has 0 aliphatic rings. The highest BCUT2D eigenvalue weighted by atomic mass is 79.9. The number of benzene rings is 2. The molecule has 2 rings (SSSR count). The first kappa shape index (κ1) is 15.3. The highest BCUT2D eigenvalue weighted by molar-refractivity contribution is 9.10. The van der Waals surface area contributed by atoms with Gasteiger partial charge in [0.1, 0.15) is 16.5 Å². The van der Waals surface area contributed by atoms with Gasteiger partial charge in [0.05, 0.1) is 5.56 Å². The maximum atomic E-state index is 6.16. The number of aryl methyl sites for hydroxylation is 2. The normalized spacial score (nSPS) is 10.4. The Hall–Kier alpha value is -1.10. The van der Waals surface area contributed by atoms with Gasteiger partial charge in [0.25, 0.3) is 0 Å². The van der Waals surface area contributed by atoms with Crippen LogP contribution in [0.25, 0.3) is 0 Å². The van der Waals surface area contributed by atoms with E-state index in [1.807, 2.05) is 44.2 Å². The highest BCUT2D eigenvalue weighted by Gasteiger charge is 2.12. The zero-order valence-corrected chi connectivity index (χ0v) is 14.2. The van der Waals surface area contributed by atoms with Crippen LogP contribution in [0.2, 0.25) is 5.02 Å². The van der Waals surface area contributed by atoms with E-state index in [1.54, 1.807) is 0 Å². The van der Waals surface area contributed by atoms with Gasteiger partial charge in [-0.3, -0.25) is 0 Å². The second kappa shape index (κ2) is 6.12.